The van der Waals surface area contributed by atoms with Gasteiger partial charge in [-0.25, -0.2) is 4.39 Å². The van der Waals surface area contributed by atoms with Crippen molar-refractivity contribution in [3.05, 3.63) is 65.0 Å². The molecule has 0 spiro atoms. The Morgan fingerprint density at radius 2 is 1.95 bits per heavy atom. The van der Waals surface area contributed by atoms with Gasteiger partial charge in [-0.2, -0.15) is 0 Å². The zero-order valence-electron chi connectivity index (χ0n) is 12.3. The van der Waals surface area contributed by atoms with E-state index in [4.69, 9.17) is 4.74 Å². The maximum atomic E-state index is 13.8. The van der Waals surface area contributed by atoms with E-state index in [-0.39, 0.29) is 11.8 Å². The van der Waals surface area contributed by atoms with Crippen LogP contribution in [0, 0.1) is 5.82 Å². The summed E-state index contributed by atoms with van der Waals surface area (Å²) in [6.45, 7) is 3.11. The molecule has 2 rings (SSSR count). The second-order valence-corrected chi connectivity index (χ2v) is 5.06. The van der Waals surface area contributed by atoms with Crippen LogP contribution in [0.4, 0.5) is 4.39 Å². The Morgan fingerprint density at radius 1 is 1.19 bits per heavy atom. The van der Waals surface area contributed by atoms with Crippen molar-refractivity contribution >= 4 is 0 Å². The first-order valence-electron chi connectivity index (χ1n) is 6.88. The third-order valence-corrected chi connectivity index (χ3v) is 3.37. The molecule has 2 aromatic carbocycles. The molecule has 112 valence electrons. The number of benzene rings is 2. The molecule has 2 N–H and O–H groups in total. The van der Waals surface area contributed by atoms with Crippen LogP contribution in [-0.2, 0) is 17.9 Å². The molecule has 0 radical (unpaired) electrons. The van der Waals surface area contributed by atoms with Gasteiger partial charge in [-0.3, -0.25) is 0 Å². The molecule has 3 nitrogen and oxygen atoms in total. The maximum Gasteiger partial charge on any atom is 0.131 e. The molecule has 0 saturated carbocycles. The zero-order valence-corrected chi connectivity index (χ0v) is 12.3. The normalized spacial score (nSPS) is 12.3. The van der Waals surface area contributed by atoms with Crippen molar-refractivity contribution in [3.63, 3.8) is 0 Å². The highest BCUT2D eigenvalue weighted by Crippen LogP contribution is 2.21. The van der Waals surface area contributed by atoms with E-state index >= 15 is 0 Å². The van der Waals surface area contributed by atoms with Crippen molar-refractivity contribution in [1.29, 1.82) is 0 Å². The monoisotopic (exact) mass is 289 g/mol. The fourth-order valence-electron chi connectivity index (χ4n) is 2.24. The SMILES string of the molecule is COCc1cccc(CNC(C)c2ccc(O)cc2F)c1. The zero-order chi connectivity index (χ0) is 15.2. The van der Waals surface area contributed by atoms with E-state index in [1.54, 1.807) is 13.2 Å². The number of aromatic hydroxyl groups is 1. The fourth-order valence-corrected chi connectivity index (χ4v) is 2.24. The predicted octanol–water partition coefficient (Wildman–Crippen LogP) is 3.53. The molecule has 21 heavy (non-hydrogen) atoms. The quantitative estimate of drug-likeness (QED) is 0.855. The summed E-state index contributed by atoms with van der Waals surface area (Å²) in [5.74, 6) is -0.459. The number of hydrogen-bond acceptors (Lipinski definition) is 3. The largest absolute Gasteiger partial charge is 0.508 e. The minimum atomic E-state index is -0.400. The Balaban J connectivity index is 2.00. The highest BCUT2D eigenvalue weighted by molar-refractivity contribution is 5.30. The second-order valence-electron chi connectivity index (χ2n) is 5.06. The van der Waals surface area contributed by atoms with Crippen LogP contribution >= 0.6 is 0 Å². The van der Waals surface area contributed by atoms with Crippen LogP contribution in [0.15, 0.2) is 42.5 Å². The molecule has 0 bridgehead atoms. The molecule has 2 aromatic rings. The van der Waals surface area contributed by atoms with Gasteiger partial charge in [0.2, 0.25) is 0 Å². The number of ether oxygens (including phenoxy) is 1. The third-order valence-electron chi connectivity index (χ3n) is 3.37. The summed E-state index contributed by atoms with van der Waals surface area (Å²) in [7, 11) is 1.67. The molecule has 0 heterocycles. The molecule has 1 unspecified atom stereocenters. The Hall–Kier alpha value is -1.91. The summed E-state index contributed by atoms with van der Waals surface area (Å²) in [5.41, 5.74) is 2.77. The van der Waals surface area contributed by atoms with E-state index in [1.807, 2.05) is 25.1 Å². The summed E-state index contributed by atoms with van der Waals surface area (Å²) < 4.78 is 18.9. The number of phenols is 1. The van der Waals surface area contributed by atoms with Gasteiger partial charge in [0.1, 0.15) is 11.6 Å². The minimum absolute atomic E-state index is 0.0595. The number of phenolic OH excluding ortho intramolecular Hbond substituents is 1. The standard InChI is InChI=1S/C17H20FNO2/c1-12(16-7-6-15(20)9-17(16)18)19-10-13-4-3-5-14(8-13)11-21-2/h3-9,12,19-20H,10-11H2,1-2H3. The molecular formula is C17H20FNO2. The molecule has 0 fully saturated rings. The van der Waals surface area contributed by atoms with Gasteiger partial charge in [0.05, 0.1) is 6.61 Å². The molecule has 0 aromatic heterocycles. The van der Waals surface area contributed by atoms with E-state index < -0.39 is 5.82 Å². The van der Waals surface area contributed by atoms with Crippen LogP contribution in [0.1, 0.15) is 29.7 Å². The van der Waals surface area contributed by atoms with Gasteiger partial charge in [-0.1, -0.05) is 30.3 Å². The summed E-state index contributed by atoms with van der Waals surface area (Å²) >= 11 is 0. The van der Waals surface area contributed by atoms with Gasteiger partial charge in [0.25, 0.3) is 0 Å². The lowest BCUT2D eigenvalue weighted by Crippen LogP contribution is -2.19. The van der Waals surface area contributed by atoms with Crippen molar-refractivity contribution in [2.24, 2.45) is 0 Å². The average Bonchev–Trinajstić information content (AvgIpc) is 2.45. The Labute approximate surface area is 124 Å². The lowest BCUT2D eigenvalue weighted by atomic mass is 10.1. The Morgan fingerprint density at radius 3 is 2.67 bits per heavy atom. The van der Waals surface area contributed by atoms with Crippen molar-refractivity contribution in [2.75, 3.05) is 7.11 Å². The van der Waals surface area contributed by atoms with Gasteiger partial charge < -0.3 is 15.2 Å². The molecule has 0 aliphatic heterocycles. The Kier molecular flexibility index (Phi) is 5.31. The number of hydrogen-bond donors (Lipinski definition) is 2. The first-order chi connectivity index (χ1) is 10.1. The summed E-state index contributed by atoms with van der Waals surface area (Å²) in [5, 5.41) is 12.5. The van der Waals surface area contributed by atoms with Gasteiger partial charge in [-0.15, -0.1) is 0 Å². The molecule has 4 heteroatoms. The smallest absolute Gasteiger partial charge is 0.131 e. The van der Waals surface area contributed by atoms with Crippen molar-refractivity contribution in [3.8, 4) is 5.75 Å². The van der Waals surface area contributed by atoms with E-state index in [2.05, 4.69) is 11.4 Å². The second kappa shape index (κ2) is 7.20. The van der Waals surface area contributed by atoms with E-state index in [1.165, 1.54) is 6.07 Å². The summed E-state index contributed by atoms with van der Waals surface area (Å²) in [4.78, 5) is 0. The molecule has 1 atom stereocenters. The van der Waals surface area contributed by atoms with Gasteiger partial charge in [0, 0.05) is 31.3 Å². The summed E-state index contributed by atoms with van der Waals surface area (Å²) in [6, 6.07) is 12.2. The van der Waals surface area contributed by atoms with Crippen LogP contribution in [-0.4, -0.2) is 12.2 Å². The number of rotatable bonds is 6. The molecule has 0 amide bonds. The summed E-state index contributed by atoms with van der Waals surface area (Å²) in [6.07, 6.45) is 0. The molecule has 0 aliphatic rings. The number of halogens is 1. The highest BCUT2D eigenvalue weighted by Gasteiger charge is 2.11. The first-order valence-corrected chi connectivity index (χ1v) is 6.88. The molecule has 0 aliphatic carbocycles. The number of nitrogens with one attached hydrogen (secondary N) is 1. The van der Waals surface area contributed by atoms with Gasteiger partial charge >= 0.3 is 0 Å². The van der Waals surface area contributed by atoms with Gasteiger partial charge in [0.15, 0.2) is 0 Å². The fraction of sp³-hybridized carbons (Fsp3) is 0.294. The van der Waals surface area contributed by atoms with Crippen LogP contribution in [0.3, 0.4) is 0 Å². The van der Waals surface area contributed by atoms with Crippen LogP contribution < -0.4 is 5.32 Å². The van der Waals surface area contributed by atoms with E-state index in [9.17, 15) is 9.50 Å². The van der Waals surface area contributed by atoms with Crippen molar-refractivity contribution in [2.45, 2.75) is 26.1 Å². The minimum Gasteiger partial charge on any atom is -0.508 e. The lowest BCUT2D eigenvalue weighted by Gasteiger charge is -2.15. The highest BCUT2D eigenvalue weighted by atomic mass is 19.1. The topological polar surface area (TPSA) is 41.5 Å². The van der Waals surface area contributed by atoms with Gasteiger partial charge in [-0.05, 0) is 24.1 Å². The van der Waals surface area contributed by atoms with Crippen LogP contribution in [0.25, 0.3) is 0 Å². The van der Waals surface area contributed by atoms with Crippen molar-refractivity contribution < 1.29 is 14.2 Å². The molecular weight excluding hydrogens is 269 g/mol. The predicted molar refractivity (Wildman–Crippen MR) is 80.5 cm³/mol. The maximum absolute atomic E-state index is 13.8. The van der Waals surface area contributed by atoms with Crippen LogP contribution in [0.5, 0.6) is 5.75 Å². The van der Waals surface area contributed by atoms with Crippen LogP contribution in [0.2, 0.25) is 0 Å². The van der Waals surface area contributed by atoms with E-state index in [0.717, 1.165) is 17.2 Å². The van der Waals surface area contributed by atoms with E-state index in [0.29, 0.717) is 18.7 Å². The van der Waals surface area contributed by atoms with Crippen molar-refractivity contribution in [1.82, 2.24) is 5.32 Å². The first kappa shape index (κ1) is 15.5. The molecule has 0 saturated heterocycles. The Bertz CT molecular complexity index is 601. The lowest BCUT2D eigenvalue weighted by molar-refractivity contribution is 0.185. The number of methoxy groups -OCH3 is 1. The average molecular weight is 289 g/mol. The third kappa shape index (κ3) is 4.28.